The van der Waals surface area contributed by atoms with E-state index in [4.69, 9.17) is 9.47 Å². The molecule has 0 aliphatic rings. The predicted octanol–water partition coefficient (Wildman–Crippen LogP) is 3.04. The molecule has 0 aromatic heterocycles. The molecule has 2 N–H and O–H groups in total. The fraction of sp³-hybridized carbons (Fsp3) is 0.938. The molecule has 6 heteroatoms. The molecule has 0 atom stereocenters. The van der Waals surface area contributed by atoms with Crippen LogP contribution in [0.1, 0.15) is 46.5 Å². The Bertz CT molecular complexity index is 252. The van der Waals surface area contributed by atoms with Crippen LogP contribution in [0.4, 0.5) is 0 Å². The Labute approximate surface area is 154 Å². The first kappa shape index (κ1) is 24.2. The number of hydrogen-bond donors (Lipinski definition) is 2. The smallest absolute Gasteiger partial charge is 0.191 e. The zero-order valence-corrected chi connectivity index (χ0v) is 17.2. The van der Waals surface area contributed by atoms with Crippen LogP contribution in [-0.4, -0.2) is 52.5 Å². The third kappa shape index (κ3) is 18.0. The van der Waals surface area contributed by atoms with Crippen molar-refractivity contribution in [2.24, 2.45) is 10.9 Å². The Balaban J connectivity index is 0. The molecule has 0 radical (unpaired) electrons. The van der Waals surface area contributed by atoms with Gasteiger partial charge in [-0.05, 0) is 38.5 Å². The summed E-state index contributed by atoms with van der Waals surface area (Å²) in [6, 6.07) is 0. The molecule has 22 heavy (non-hydrogen) atoms. The minimum atomic E-state index is 0. The molecule has 0 amide bonds. The average Bonchev–Trinajstić information content (AvgIpc) is 2.46. The van der Waals surface area contributed by atoms with Crippen molar-refractivity contribution in [3.8, 4) is 0 Å². The second-order valence-electron chi connectivity index (χ2n) is 5.54. The first-order chi connectivity index (χ1) is 10.2. The van der Waals surface area contributed by atoms with Gasteiger partial charge in [0.25, 0.3) is 0 Å². The quantitative estimate of drug-likeness (QED) is 0.205. The molecule has 0 aromatic rings. The zero-order chi connectivity index (χ0) is 15.8. The Morgan fingerprint density at radius 3 is 2.45 bits per heavy atom. The molecule has 0 spiro atoms. The molecule has 0 saturated carbocycles. The SMILES string of the molecule is CCNC(=NCCCC(C)C)NCCCCOCCOC.I. The number of ether oxygens (including phenoxy) is 2. The lowest BCUT2D eigenvalue weighted by Gasteiger charge is -2.11. The van der Waals surface area contributed by atoms with E-state index in [1.54, 1.807) is 7.11 Å². The highest BCUT2D eigenvalue weighted by atomic mass is 127. The van der Waals surface area contributed by atoms with Crippen molar-refractivity contribution in [2.45, 2.75) is 46.5 Å². The number of halogens is 1. The Kier molecular flexibility index (Phi) is 20.8. The summed E-state index contributed by atoms with van der Waals surface area (Å²) in [6.45, 7) is 11.5. The second kappa shape index (κ2) is 19.0. The molecule has 0 aromatic carbocycles. The van der Waals surface area contributed by atoms with E-state index in [0.717, 1.165) is 57.4 Å². The van der Waals surface area contributed by atoms with E-state index in [1.807, 2.05) is 0 Å². The van der Waals surface area contributed by atoms with Gasteiger partial charge in [0.1, 0.15) is 0 Å². The molecule has 0 aliphatic carbocycles. The lowest BCUT2D eigenvalue weighted by molar-refractivity contribution is 0.0689. The number of nitrogens with one attached hydrogen (secondary N) is 2. The summed E-state index contributed by atoms with van der Waals surface area (Å²) in [7, 11) is 1.69. The first-order valence-electron chi connectivity index (χ1n) is 8.29. The number of hydrogen-bond acceptors (Lipinski definition) is 3. The summed E-state index contributed by atoms with van der Waals surface area (Å²) in [5.74, 6) is 1.69. The van der Waals surface area contributed by atoms with Crippen molar-refractivity contribution in [1.82, 2.24) is 10.6 Å². The van der Waals surface area contributed by atoms with Gasteiger partial charge in [-0.1, -0.05) is 13.8 Å². The van der Waals surface area contributed by atoms with Gasteiger partial charge in [-0.3, -0.25) is 4.99 Å². The summed E-state index contributed by atoms with van der Waals surface area (Å²) < 4.78 is 10.4. The fourth-order valence-corrected chi connectivity index (χ4v) is 1.81. The van der Waals surface area contributed by atoms with E-state index in [9.17, 15) is 0 Å². The van der Waals surface area contributed by atoms with Gasteiger partial charge < -0.3 is 20.1 Å². The molecule has 0 rings (SSSR count). The van der Waals surface area contributed by atoms with Gasteiger partial charge in [-0.25, -0.2) is 0 Å². The zero-order valence-electron chi connectivity index (χ0n) is 14.8. The maximum atomic E-state index is 5.43. The Morgan fingerprint density at radius 1 is 1.05 bits per heavy atom. The van der Waals surface area contributed by atoms with Gasteiger partial charge in [0, 0.05) is 33.4 Å². The van der Waals surface area contributed by atoms with Gasteiger partial charge in [0.15, 0.2) is 5.96 Å². The summed E-state index contributed by atoms with van der Waals surface area (Å²) >= 11 is 0. The first-order valence-corrected chi connectivity index (χ1v) is 8.29. The standard InChI is InChI=1S/C16H35N3O2.HI/c1-5-17-16(19-11-8-9-15(2)3)18-10-6-7-12-21-14-13-20-4;/h15H,5-14H2,1-4H3,(H2,17,18,19);1H. The maximum absolute atomic E-state index is 5.43. The highest BCUT2D eigenvalue weighted by Gasteiger charge is 1.98. The van der Waals surface area contributed by atoms with Crippen LogP contribution >= 0.6 is 24.0 Å². The van der Waals surface area contributed by atoms with Crippen LogP contribution < -0.4 is 10.6 Å². The summed E-state index contributed by atoms with van der Waals surface area (Å²) in [4.78, 5) is 4.59. The minimum absolute atomic E-state index is 0. The molecular formula is C16H36IN3O2. The average molecular weight is 429 g/mol. The second-order valence-corrected chi connectivity index (χ2v) is 5.54. The van der Waals surface area contributed by atoms with E-state index in [2.05, 4.69) is 36.4 Å². The topological polar surface area (TPSA) is 54.9 Å². The molecule has 0 unspecified atom stereocenters. The molecule has 0 bridgehead atoms. The van der Waals surface area contributed by atoms with Crippen LogP contribution in [-0.2, 0) is 9.47 Å². The van der Waals surface area contributed by atoms with Crippen molar-refractivity contribution in [2.75, 3.05) is 46.6 Å². The van der Waals surface area contributed by atoms with Crippen molar-refractivity contribution < 1.29 is 9.47 Å². The minimum Gasteiger partial charge on any atom is -0.382 e. The Hall–Kier alpha value is -0.0800. The third-order valence-corrected chi connectivity index (χ3v) is 2.99. The molecule has 5 nitrogen and oxygen atoms in total. The third-order valence-electron chi connectivity index (χ3n) is 2.99. The predicted molar refractivity (Wildman–Crippen MR) is 105 cm³/mol. The number of rotatable bonds is 13. The summed E-state index contributed by atoms with van der Waals surface area (Å²) in [5.41, 5.74) is 0. The summed E-state index contributed by atoms with van der Waals surface area (Å²) in [6.07, 6.45) is 4.54. The van der Waals surface area contributed by atoms with E-state index >= 15 is 0 Å². The molecule has 0 heterocycles. The number of guanidine groups is 1. The van der Waals surface area contributed by atoms with Gasteiger partial charge in [-0.2, -0.15) is 0 Å². The van der Waals surface area contributed by atoms with Gasteiger partial charge in [-0.15, -0.1) is 24.0 Å². The summed E-state index contributed by atoms with van der Waals surface area (Å²) in [5, 5.41) is 6.65. The van der Waals surface area contributed by atoms with Crippen LogP contribution in [0.3, 0.4) is 0 Å². The van der Waals surface area contributed by atoms with Crippen molar-refractivity contribution >= 4 is 29.9 Å². The van der Waals surface area contributed by atoms with E-state index in [0.29, 0.717) is 13.2 Å². The molecule has 134 valence electrons. The van der Waals surface area contributed by atoms with E-state index in [-0.39, 0.29) is 24.0 Å². The number of methoxy groups -OCH3 is 1. The molecular weight excluding hydrogens is 393 g/mol. The van der Waals surface area contributed by atoms with Gasteiger partial charge >= 0.3 is 0 Å². The van der Waals surface area contributed by atoms with Gasteiger partial charge in [0.2, 0.25) is 0 Å². The monoisotopic (exact) mass is 429 g/mol. The van der Waals surface area contributed by atoms with E-state index < -0.39 is 0 Å². The van der Waals surface area contributed by atoms with Crippen molar-refractivity contribution in [3.05, 3.63) is 0 Å². The number of nitrogens with zero attached hydrogens (tertiary/aromatic N) is 1. The number of aliphatic imine (C=N–C) groups is 1. The molecule has 0 fully saturated rings. The van der Waals surface area contributed by atoms with Crippen LogP contribution in [0.15, 0.2) is 4.99 Å². The van der Waals surface area contributed by atoms with Crippen LogP contribution in [0.25, 0.3) is 0 Å². The van der Waals surface area contributed by atoms with Gasteiger partial charge in [0.05, 0.1) is 13.2 Å². The lowest BCUT2D eigenvalue weighted by atomic mass is 10.1. The highest BCUT2D eigenvalue weighted by molar-refractivity contribution is 14.0. The van der Waals surface area contributed by atoms with Crippen molar-refractivity contribution in [3.63, 3.8) is 0 Å². The van der Waals surface area contributed by atoms with Crippen LogP contribution in [0.5, 0.6) is 0 Å². The Morgan fingerprint density at radius 2 is 1.82 bits per heavy atom. The maximum Gasteiger partial charge on any atom is 0.191 e. The molecule has 0 saturated heterocycles. The molecule has 0 aliphatic heterocycles. The number of unbranched alkanes of at least 4 members (excludes halogenated alkanes) is 1. The normalized spacial score (nSPS) is 11.4. The van der Waals surface area contributed by atoms with Crippen molar-refractivity contribution in [1.29, 1.82) is 0 Å². The van der Waals surface area contributed by atoms with Crippen LogP contribution in [0.2, 0.25) is 0 Å². The van der Waals surface area contributed by atoms with E-state index in [1.165, 1.54) is 6.42 Å². The lowest BCUT2D eigenvalue weighted by Crippen LogP contribution is -2.38. The highest BCUT2D eigenvalue weighted by Crippen LogP contribution is 2.02. The van der Waals surface area contributed by atoms with Crippen LogP contribution in [0, 0.1) is 5.92 Å². The largest absolute Gasteiger partial charge is 0.382 e. The fourth-order valence-electron chi connectivity index (χ4n) is 1.81.